The van der Waals surface area contributed by atoms with E-state index in [1.807, 2.05) is 0 Å². The van der Waals surface area contributed by atoms with Crippen molar-refractivity contribution in [1.82, 2.24) is 0 Å². The molecule has 1 heterocycles. The van der Waals surface area contributed by atoms with Gasteiger partial charge < -0.3 is 10.6 Å². The van der Waals surface area contributed by atoms with Crippen LogP contribution in [0.3, 0.4) is 0 Å². The van der Waals surface area contributed by atoms with Crippen LogP contribution in [0.2, 0.25) is 5.02 Å². The second kappa shape index (κ2) is 5.20. The van der Waals surface area contributed by atoms with Crippen LogP contribution >= 0.6 is 23.4 Å². The van der Waals surface area contributed by atoms with E-state index >= 15 is 0 Å². The molecule has 1 aromatic rings. The monoisotopic (exact) mass is 284 g/mol. The Morgan fingerprint density at radius 3 is 2.89 bits per heavy atom. The number of rotatable bonds is 2. The van der Waals surface area contributed by atoms with Crippen LogP contribution in [0.25, 0.3) is 0 Å². The predicted molar refractivity (Wildman–Crippen MR) is 74.9 cm³/mol. The molecule has 0 bridgehead atoms. The van der Waals surface area contributed by atoms with E-state index in [2.05, 4.69) is 0 Å². The van der Waals surface area contributed by atoms with Crippen molar-refractivity contribution in [2.45, 2.75) is 18.6 Å². The molecule has 6 heteroatoms. The maximum absolute atomic E-state index is 11.9. The second-order valence-corrected chi connectivity index (χ2v) is 6.06. The van der Waals surface area contributed by atoms with Crippen LogP contribution in [-0.2, 0) is 9.59 Å². The predicted octanol–water partition coefficient (Wildman–Crippen LogP) is 2.31. The van der Waals surface area contributed by atoms with Gasteiger partial charge in [-0.05, 0) is 18.2 Å². The van der Waals surface area contributed by atoms with Crippen LogP contribution in [0.1, 0.15) is 13.3 Å². The quantitative estimate of drug-likeness (QED) is 0.847. The van der Waals surface area contributed by atoms with Crippen LogP contribution < -0.4 is 10.6 Å². The van der Waals surface area contributed by atoms with Gasteiger partial charge in [-0.3, -0.25) is 9.59 Å². The van der Waals surface area contributed by atoms with Gasteiger partial charge in [-0.15, -0.1) is 0 Å². The molecule has 1 aliphatic rings. The summed E-state index contributed by atoms with van der Waals surface area (Å²) in [4.78, 5) is 24.6. The molecule has 0 radical (unpaired) electrons. The summed E-state index contributed by atoms with van der Waals surface area (Å²) in [7, 11) is 0. The van der Waals surface area contributed by atoms with E-state index in [9.17, 15) is 9.59 Å². The third-order valence-corrected chi connectivity index (χ3v) is 3.92. The van der Waals surface area contributed by atoms with Crippen molar-refractivity contribution in [3.8, 4) is 0 Å². The Labute approximate surface area is 114 Å². The first kappa shape index (κ1) is 13.2. The Morgan fingerprint density at radius 2 is 2.28 bits per heavy atom. The third-order valence-electron chi connectivity index (χ3n) is 2.70. The van der Waals surface area contributed by atoms with E-state index in [0.717, 1.165) is 0 Å². The number of nitrogen functional groups attached to an aromatic ring is 1. The van der Waals surface area contributed by atoms with E-state index in [1.54, 1.807) is 23.1 Å². The molecule has 1 atom stereocenters. The summed E-state index contributed by atoms with van der Waals surface area (Å²) in [5, 5.41) is 0.571. The average Bonchev–Trinajstić information content (AvgIpc) is 2.58. The Hall–Kier alpha value is -1.20. The van der Waals surface area contributed by atoms with Crippen LogP contribution in [-0.4, -0.2) is 22.8 Å². The van der Waals surface area contributed by atoms with Gasteiger partial charge >= 0.3 is 0 Å². The molecule has 96 valence electrons. The number of carbonyl (C=O) groups excluding carboxylic acids is 2. The lowest BCUT2D eigenvalue weighted by atomic mass is 10.2. The summed E-state index contributed by atoms with van der Waals surface area (Å²) < 4.78 is 0. The Bertz CT molecular complexity index is 507. The minimum absolute atomic E-state index is 0.00470. The molecule has 18 heavy (non-hydrogen) atoms. The lowest BCUT2D eigenvalue weighted by Crippen LogP contribution is -2.25. The number of anilines is 2. The van der Waals surface area contributed by atoms with Gasteiger partial charge in [0, 0.05) is 30.2 Å². The van der Waals surface area contributed by atoms with Crippen molar-refractivity contribution >= 4 is 45.8 Å². The lowest BCUT2D eigenvalue weighted by molar-refractivity contribution is -0.117. The lowest BCUT2D eigenvalue weighted by Gasteiger charge is -2.18. The topological polar surface area (TPSA) is 63.4 Å². The standard InChI is InChI=1S/C12H13ClN2O2S/c1-7(16)18-9-5-12(17)15(6-9)11-3-2-8(13)4-10(11)14/h2-4,9H,5-6,14H2,1H3. The number of nitrogens with zero attached hydrogens (tertiary/aromatic N) is 1. The number of hydrogen-bond donors (Lipinski definition) is 1. The van der Waals surface area contributed by atoms with E-state index in [-0.39, 0.29) is 16.3 Å². The minimum atomic E-state index is -0.0113. The molecular weight excluding hydrogens is 272 g/mol. The summed E-state index contributed by atoms with van der Waals surface area (Å²) in [5.74, 6) is -0.0113. The summed E-state index contributed by atoms with van der Waals surface area (Å²) in [6, 6.07) is 5.05. The summed E-state index contributed by atoms with van der Waals surface area (Å²) in [5.41, 5.74) is 7.00. The molecule has 0 spiro atoms. The fraction of sp³-hybridized carbons (Fsp3) is 0.333. The number of thioether (sulfide) groups is 1. The van der Waals surface area contributed by atoms with Gasteiger partial charge in [-0.2, -0.15) is 0 Å². The molecule has 0 saturated carbocycles. The van der Waals surface area contributed by atoms with Crippen molar-refractivity contribution < 1.29 is 9.59 Å². The molecule has 1 fully saturated rings. The molecule has 1 saturated heterocycles. The smallest absolute Gasteiger partial charge is 0.228 e. The van der Waals surface area contributed by atoms with Gasteiger partial charge in [-0.1, -0.05) is 23.4 Å². The van der Waals surface area contributed by atoms with Gasteiger partial charge in [0.15, 0.2) is 5.12 Å². The molecule has 1 aliphatic heterocycles. The Kier molecular flexibility index (Phi) is 3.82. The highest BCUT2D eigenvalue weighted by Gasteiger charge is 2.32. The Morgan fingerprint density at radius 1 is 1.56 bits per heavy atom. The van der Waals surface area contributed by atoms with Crippen LogP contribution in [0.4, 0.5) is 11.4 Å². The van der Waals surface area contributed by atoms with Crippen molar-refractivity contribution in [2.24, 2.45) is 0 Å². The summed E-state index contributed by atoms with van der Waals surface area (Å²) in [6.07, 6.45) is 0.367. The fourth-order valence-electron chi connectivity index (χ4n) is 1.99. The highest BCUT2D eigenvalue weighted by Crippen LogP contribution is 2.33. The van der Waals surface area contributed by atoms with Gasteiger partial charge in [-0.25, -0.2) is 0 Å². The van der Waals surface area contributed by atoms with Gasteiger partial charge in [0.1, 0.15) is 0 Å². The maximum Gasteiger partial charge on any atom is 0.228 e. The van der Waals surface area contributed by atoms with Crippen LogP contribution in [0.5, 0.6) is 0 Å². The first-order chi connectivity index (χ1) is 8.47. The highest BCUT2D eigenvalue weighted by atomic mass is 35.5. The van der Waals surface area contributed by atoms with Crippen molar-refractivity contribution in [2.75, 3.05) is 17.2 Å². The zero-order valence-electron chi connectivity index (χ0n) is 9.85. The molecule has 1 aromatic carbocycles. The third kappa shape index (κ3) is 2.79. The molecule has 1 unspecified atom stereocenters. The Balaban J connectivity index is 2.19. The second-order valence-electron chi connectivity index (χ2n) is 4.14. The molecular formula is C12H13ClN2O2S. The fourth-order valence-corrected chi connectivity index (χ4v) is 3.09. The molecule has 2 N–H and O–H groups in total. The number of nitrogens with two attached hydrogens (primary N) is 1. The van der Waals surface area contributed by atoms with Crippen LogP contribution in [0, 0.1) is 0 Å². The van der Waals surface area contributed by atoms with Gasteiger partial charge in [0.25, 0.3) is 0 Å². The normalized spacial score (nSPS) is 19.3. The molecule has 4 nitrogen and oxygen atoms in total. The van der Waals surface area contributed by atoms with E-state index in [0.29, 0.717) is 29.4 Å². The van der Waals surface area contributed by atoms with E-state index in [1.165, 1.54) is 18.7 Å². The summed E-state index contributed by atoms with van der Waals surface area (Å²) >= 11 is 7.03. The first-order valence-electron chi connectivity index (χ1n) is 5.50. The highest BCUT2D eigenvalue weighted by molar-refractivity contribution is 8.14. The number of halogens is 1. The average molecular weight is 285 g/mol. The van der Waals surface area contributed by atoms with E-state index < -0.39 is 0 Å². The number of amides is 1. The van der Waals surface area contributed by atoms with Crippen LogP contribution in [0.15, 0.2) is 18.2 Å². The number of hydrogen-bond acceptors (Lipinski definition) is 4. The van der Waals surface area contributed by atoms with Crippen molar-refractivity contribution in [3.63, 3.8) is 0 Å². The molecule has 2 rings (SSSR count). The molecule has 1 amide bonds. The van der Waals surface area contributed by atoms with Crippen molar-refractivity contribution in [3.05, 3.63) is 23.2 Å². The SMILES string of the molecule is CC(=O)SC1CC(=O)N(c2ccc(Cl)cc2N)C1. The van der Waals surface area contributed by atoms with Crippen molar-refractivity contribution in [1.29, 1.82) is 0 Å². The van der Waals surface area contributed by atoms with E-state index in [4.69, 9.17) is 17.3 Å². The zero-order valence-corrected chi connectivity index (χ0v) is 11.4. The molecule has 0 aliphatic carbocycles. The van der Waals surface area contributed by atoms with Gasteiger partial charge in [0.05, 0.1) is 11.4 Å². The minimum Gasteiger partial charge on any atom is -0.397 e. The first-order valence-corrected chi connectivity index (χ1v) is 6.75. The van der Waals surface area contributed by atoms with Gasteiger partial charge in [0.2, 0.25) is 5.91 Å². The molecule has 0 aromatic heterocycles. The zero-order chi connectivity index (χ0) is 13.3. The number of benzene rings is 1. The maximum atomic E-state index is 11.9. The largest absolute Gasteiger partial charge is 0.397 e. The summed E-state index contributed by atoms with van der Waals surface area (Å²) in [6.45, 7) is 2.02. The number of carbonyl (C=O) groups is 2.